The van der Waals surface area contributed by atoms with E-state index in [1.165, 1.54) is 34.0 Å². The normalized spacial score (nSPS) is 15.8. The van der Waals surface area contributed by atoms with Gasteiger partial charge in [-0.3, -0.25) is 29.7 Å². The molecule has 0 spiro atoms. The molecule has 0 unspecified atom stereocenters. The van der Waals surface area contributed by atoms with Gasteiger partial charge in [-0.2, -0.15) is 25.5 Å². The lowest BCUT2D eigenvalue weighted by Gasteiger charge is -2.32. The molecule has 4 saturated heterocycles. The highest BCUT2D eigenvalue weighted by atomic mass is 35.5. The number of aromatic amines is 1. The summed E-state index contributed by atoms with van der Waals surface area (Å²) in [6.45, 7) is 24.0. The molecule has 4 aliphatic heterocycles. The zero-order chi connectivity index (χ0) is 82.0. The standard InChI is InChI=1S/C21H23ClN8.3C21H22ClN7S/c1-28-9-11-29(12-10-28)13-14-30-21-17(19(27-30)15-5-3-2-4-6-15)18(22)20(25-26-21)16-7-8-23-24-16;1-27-8-10-28(11-9-27)12-13-29-20-16(18(26-29)15-5-3-2-4-6-15)17(22)19(24-25-20)21-23-7-14-30-21;1-27-7-9-28(10-8-27)11-12-29-21-17(19(26-29)15-5-3-2-4-6-15)18(22)20(24-25-21)16-13-30-14-23-16;1-27-7-9-28(10-8-27)11-12-29-21-17(19(26-29)15-5-3-2-4-6-15)18(22)20(24-25-21)16-13-23-14-30-16/h2-8H,9-14H2,1H3,(H,23,24);2-7,14H,8-13H2,1H3;2*2-6,13-14H,7-12H2,1H3. The number of halogens is 4. The monoisotopic (exact) mass is 1740 g/mol. The van der Waals surface area contributed by atoms with Gasteiger partial charge in [0.05, 0.1) is 89.4 Å². The maximum absolute atomic E-state index is 6.87. The lowest BCUT2D eigenvalue weighted by atomic mass is 10.1. The highest BCUT2D eigenvalue weighted by molar-refractivity contribution is 7.13. The Kier molecular flexibility index (Phi) is 26.3. The van der Waals surface area contributed by atoms with Crippen molar-refractivity contribution in [2.75, 3.05) is 159 Å². The Hall–Kier alpha value is -9.98. The van der Waals surface area contributed by atoms with Gasteiger partial charge in [0.2, 0.25) is 0 Å². The first-order chi connectivity index (χ1) is 58.8. The summed E-state index contributed by atoms with van der Waals surface area (Å²) >= 11 is 32.0. The van der Waals surface area contributed by atoms with E-state index in [2.05, 4.69) is 145 Å². The fourth-order valence-electron chi connectivity index (χ4n) is 15.1. The number of aromatic nitrogens is 21. The van der Waals surface area contributed by atoms with Crippen molar-refractivity contribution in [3.05, 3.63) is 188 Å². The first kappa shape index (κ1) is 82.3. The summed E-state index contributed by atoms with van der Waals surface area (Å²) in [4.78, 5) is 33.1. The van der Waals surface area contributed by atoms with Crippen molar-refractivity contribution >= 4 is 125 Å². The molecule has 0 bridgehead atoms. The molecule has 0 radical (unpaired) electrons. The van der Waals surface area contributed by atoms with Crippen LogP contribution in [0.15, 0.2) is 168 Å². The van der Waals surface area contributed by atoms with Gasteiger partial charge in [-0.25, -0.2) is 28.7 Å². The van der Waals surface area contributed by atoms with Gasteiger partial charge in [0.15, 0.2) is 22.6 Å². The Balaban J connectivity index is 0.000000114. The summed E-state index contributed by atoms with van der Waals surface area (Å²) in [5, 5.41) is 72.5. The Bertz CT molecular complexity index is 5270. The smallest absolute Gasteiger partial charge is 0.182 e. The predicted molar refractivity (Wildman–Crippen MR) is 480 cm³/mol. The summed E-state index contributed by atoms with van der Waals surface area (Å²) < 4.78 is 7.77. The van der Waals surface area contributed by atoms with Crippen LogP contribution in [0.1, 0.15) is 0 Å². The molecule has 4 aromatic carbocycles. The van der Waals surface area contributed by atoms with E-state index in [1.807, 2.05) is 145 Å². The SMILES string of the molecule is CN1CCN(CCn2nc(-c3ccccc3)c3c(Cl)c(-c4ccn[nH]4)nnc32)CC1.CN1CCN(CCn2nc(-c3ccccc3)c3c(Cl)c(-c4cncs4)nnc32)CC1.CN1CCN(CCn2nc(-c3ccccc3)c3c(Cl)c(-c4cscn4)nnc32)CC1.CN1CCN(CCn2nc(-c3ccccc3)c3c(Cl)c(-c4nccs4)nnc32)CC1. The molecule has 4 fully saturated rings. The fourth-order valence-corrected chi connectivity index (χ4v) is 18.3. The summed E-state index contributed by atoms with van der Waals surface area (Å²) in [7, 11) is 8.67. The van der Waals surface area contributed by atoms with Crippen LogP contribution in [0.5, 0.6) is 0 Å². The minimum atomic E-state index is 0.536. The molecule has 120 heavy (non-hydrogen) atoms. The van der Waals surface area contributed by atoms with E-state index in [9.17, 15) is 0 Å². The number of benzene rings is 4. The number of nitrogens with one attached hydrogen (secondary N) is 1. The van der Waals surface area contributed by atoms with Gasteiger partial charge in [0.25, 0.3) is 0 Å². The lowest BCUT2D eigenvalue weighted by molar-refractivity contribution is 0.149. The van der Waals surface area contributed by atoms with E-state index < -0.39 is 0 Å². The van der Waals surface area contributed by atoms with E-state index in [0.717, 1.165) is 251 Å². The van der Waals surface area contributed by atoms with Crippen LogP contribution in [0.25, 0.3) is 133 Å². The summed E-state index contributed by atoms with van der Waals surface area (Å²) in [5.41, 5.74) is 17.7. The zero-order valence-electron chi connectivity index (χ0n) is 66.9. The van der Waals surface area contributed by atoms with Crippen molar-refractivity contribution in [3.8, 4) is 89.1 Å². The van der Waals surface area contributed by atoms with Crippen molar-refractivity contribution < 1.29 is 0 Å². The van der Waals surface area contributed by atoms with Gasteiger partial charge < -0.3 is 19.6 Å². The molecule has 0 saturated carbocycles. The molecule has 4 aliphatic rings. The highest BCUT2D eigenvalue weighted by Crippen LogP contribution is 2.43. The molecule has 1 N–H and O–H groups in total. The van der Waals surface area contributed by atoms with E-state index in [0.29, 0.717) is 59.8 Å². The van der Waals surface area contributed by atoms with Gasteiger partial charge in [0, 0.05) is 182 Å². The summed E-state index contributed by atoms with van der Waals surface area (Å²) in [6.07, 6.45) is 5.20. The van der Waals surface area contributed by atoms with E-state index in [-0.39, 0.29) is 0 Å². The third-order valence-corrected chi connectivity index (χ3v) is 25.8. The molecule has 16 heterocycles. The van der Waals surface area contributed by atoms with Gasteiger partial charge in [-0.15, -0.1) is 74.8 Å². The minimum Gasteiger partial charge on any atom is -0.304 e. The van der Waals surface area contributed by atoms with E-state index in [1.54, 1.807) is 29.6 Å². The van der Waals surface area contributed by atoms with Crippen LogP contribution in [0.4, 0.5) is 0 Å². The minimum absolute atomic E-state index is 0.536. The third-order valence-electron chi connectivity index (χ3n) is 22.2. The Labute approximate surface area is 725 Å². The Morgan fingerprint density at radius 3 is 1.02 bits per heavy atom. The Morgan fingerprint density at radius 1 is 0.342 bits per heavy atom. The van der Waals surface area contributed by atoms with Gasteiger partial charge >= 0.3 is 0 Å². The number of thiazole rings is 3. The largest absolute Gasteiger partial charge is 0.304 e. The average molecular weight is 1740 g/mol. The number of nitrogens with zero attached hydrogens (tertiary/aromatic N) is 28. The molecule has 20 rings (SSSR count). The van der Waals surface area contributed by atoms with Crippen LogP contribution < -0.4 is 0 Å². The lowest BCUT2D eigenvalue weighted by Crippen LogP contribution is -2.45. The number of fused-ring (bicyclic) bond motifs is 4. The maximum atomic E-state index is 6.87. The van der Waals surface area contributed by atoms with Crippen LogP contribution in [-0.2, 0) is 26.2 Å². The molecule has 0 atom stereocenters. The summed E-state index contributed by atoms with van der Waals surface area (Å²) in [5.74, 6) is 0. The van der Waals surface area contributed by atoms with E-state index in [4.69, 9.17) is 66.8 Å². The quantitative estimate of drug-likeness (QED) is 0.0743. The predicted octanol–water partition coefficient (Wildman–Crippen LogP) is 13.3. The molecule has 29 nitrogen and oxygen atoms in total. The number of hydrogen-bond acceptors (Lipinski definition) is 27. The first-order valence-electron chi connectivity index (χ1n) is 40.1. The number of piperazine rings is 4. The van der Waals surface area contributed by atoms with Crippen LogP contribution >= 0.6 is 80.4 Å². The number of H-pyrrole nitrogens is 1. The van der Waals surface area contributed by atoms with Gasteiger partial charge in [0.1, 0.15) is 56.3 Å². The van der Waals surface area contributed by atoms with Crippen LogP contribution in [0.2, 0.25) is 20.1 Å². The van der Waals surface area contributed by atoms with Crippen molar-refractivity contribution in [2.24, 2.45) is 0 Å². The second-order valence-corrected chi connectivity index (χ2v) is 34.1. The highest BCUT2D eigenvalue weighted by Gasteiger charge is 2.29. The first-order valence-corrected chi connectivity index (χ1v) is 44.3. The number of hydrogen-bond donors (Lipinski definition) is 1. The number of rotatable bonds is 20. The second kappa shape index (κ2) is 38.4. The fraction of sp³-hybridized carbons (Fsp3) is 0.333. The molecule has 36 heteroatoms. The molecule has 16 aromatic rings. The van der Waals surface area contributed by atoms with Crippen LogP contribution in [-0.4, -0.2) is 303 Å². The molecule has 0 aliphatic carbocycles. The van der Waals surface area contributed by atoms with Crippen molar-refractivity contribution in [1.29, 1.82) is 0 Å². The zero-order valence-corrected chi connectivity index (χ0v) is 72.4. The molecular formula is C84H89Cl4N29S3. The number of likely N-dealkylation sites (N-methyl/N-ethyl adjacent to an activating group) is 4. The average Bonchev–Trinajstić information content (AvgIpc) is 1.63. The van der Waals surface area contributed by atoms with Crippen molar-refractivity contribution in [3.63, 3.8) is 0 Å². The van der Waals surface area contributed by atoms with E-state index >= 15 is 0 Å². The van der Waals surface area contributed by atoms with Crippen LogP contribution in [0.3, 0.4) is 0 Å². The Morgan fingerprint density at radius 2 is 0.692 bits per heavy atom. The van der Waals surface area contributed by atoms with Crippen LogP contribution in [0, 0.1) is 0 Å². The molecule has 12 aromatic heterocycles. The van der Waals surface area contributed by atoms with Gasteiger partial charge in [-0.05, 0) is 34.3 Å². The van der Waals surface area contributed by atoms with Crippen molar-refractivity contribution in [1.82, 2.24) is 144 Å². The molecule has 616 valence electrons. The summed E-state index contributed by atoms with van der Waals surface area (Å²) in [6, 6.07) is 42.3. The third kappa shape index (κ3) is 18.6. The van der Waals surface area contributed by atoms with Crippen molar-refractivity contribution in [2.45, 2.75) is 26.2 Å². The second-order valence-electron chi connectivity index (χ2n) is 30.1. The molecule has 0 amide bonds. The van der Waals surface area contributed by atoms with Gasteiger partial charge in [-0.1, -0.05) is 168 Å². The topological polar surface area (TPSA) is 268 Å². The molecular weight excluding hydrogens is 1650 g/mol. The maximum Gasteiger partial charge on any atom is 0.182 e.